The third-order valence-electron chi connectivity index (χ3n) is 4.53. The number of carbonyl (C=O) groups is 1. The maximum atomic E-state index is 12.9. The predicted molar refractivity (Wildman–Crippen MR) is 87.8 cm³/mol. The maximum Gasteiger partial charge on any atom is 0.410 e. The Labute approximate surface area is 146 Å². The molecule has 0 atom stereocenters. The van der Waals surface area contributed by atoms with Gasteiger partial charge in [-0.1, -0.05) is 11.6 Å². The fourth-order valence-corrected chi connectivity index (χ4v) is 5.06. The van der Waals surface area contributed by atoms with Crippen LogP contribution in [0.15, 0.2) is 23.1 Å². The molecule has 2 aliphatic heterocycles. The van der Waals surface area contributed by atoms with Gasteiger partial charge in [0.2, 0.25) is 10.0 Å². The Morgan fingerprint density at radius 2 is 1.96 bits per heavy atom. The molecule has 2 saturated heterocycles. The van der Waals surface area contributed by atoms with Gasteiger partial charge in [0.1, 0.15) is 16.2 Å². The van der Waals surface area contributed by atoms with Gasteiger partial charge in [-0.3, -0.25) is 0 Å². The van der Waals surface area contributed by atoms with Crippen LogP contribution in [0.3, 0.4) is 0 Å². The minimum Gasteiger partial charge on any atom is -0.497 e. The Kier molecular flexibility index (Phi) is 4.39. The van der Waals surface area contributed by atoms with Crippen molar-refractivity contribution >= 4 is 27.7 Å². The predicted octanol–water partition coefficient (Wildman–Crippen LogP) is 1.95. The summed E-state index contributed by atoms with van der Waals surface area (Å²) < 4.78 is 37.7. The molecule has 3 rings (SSSR count). The molecular weight excluding hydrogens is 356 g/mol. The minimum atomic E-state index is -3.73. The quantitative estimate of drug-likeness (QED) is 0.808. The molecule has 0 radical (unpaired) electrons. The van der Waals surface area contributed by atoms with Crippen LogP contribution in [-0.4, -0.2) is 63.1 Å². The Hall–Kier alpha value is -1.51. The topological polar surface area (TPSA) is 76.2 Å². The number of piperidine rings is 1. The second-order valence-electron chi connectivity index (χ2n) is 6.11. The number of sulfonamides is 1. The summed E-state index contributed by atoms with van der Waals surface area (Å²) in [4.78, 5) is 13.1. The molecule has 0 aromatic heterocycles. The van der Waals surface area contributed by atoms with E-state index in [0.717, 1.165) is 0 Å². The van der Waals surface area contributed by atoms with E-state index in [0.29, 0.717) is 25.1 Å². The van der Waals surface area contributed by atoms with E-state index in [9.17, 15) is 13.2 Å². The highest BCUT2D eigenvalue weighted by Crippen LogP contribution is 2.36. The molecule has 132 valence electrons. The molecule has 24 heavy (non-hydrogen) atoms. The van der Waals surface area contributed by atoms with Gasteiger partial charge in [0, 0.05) is 39.0 Å². The lowest BCUT2D eigenvalue weighted by Crippen LogP contribution is -2.48. The van der Waals surface area contributed by atoms with Gasteiger partial charge in [-0.25, -0.2) is 13.2 Å². The average molecular weight is 375 g/mol. The van der Waals surface area contributed by atoms with Crippen molar-refractivity contribution in [1.29, 1.82) is 0 Å². The number of likely N-dealkylation sites (N-methyl/N-ethyl adjacent to an activating group) is 1. The molecule has 1 spiro atoms. The van der Waals surface area contributed by atoms with Gasteiger partial charge in [0.05, 0.1) is 18.7 Å². The zero-order chi connectivity index (χ0) is 17.5. The number of methoxy groups -OCH3 is 1. The first-order valence-corrected chi connectivity index (χ1v) is 9.37. The largest absolute Gasteiger partial charge is 0.497 e. The van der Waals surface area contributed by atoms with E-state index in [4.69, 9.17) is 21.1 Å². The summed E-state index contributed by atoms with van der Waals surface area (Å²) in [5, 5.41) is 0.156. The van der Waals surface area contributed by atoms with E-state index in [2.05, 4.69) is 0 Å². The monoisotopic (exact) mass is 374 g/mol. The van der Waals surface area contributed by atoms with Crippen molar-refractivity contribution in [3.05, 3.63) is 23.2 Å². The normalized spacial score (nSPS) is 21.1. The SMILES string of the molecule is COc1ccc(Cl)c(S(=O)(=O)N2CCC3(CC2)CN(C)C(=O)O3)c1. The summed E-state index contributed by atoms with van der Waals surface area (Å²) >= 11 is 6.08. The first kappa shape index (κ1) is 17.3. The molecular formula is C15H19ClN2O5S. The van der Waals surface area contributed by atoms with Gasteiger partial charge >= 0.3 is 6.09 Å². The zero-order valence-corrected chi connectivity index (χ0v) is 15.1. The minimum absolute atomic E-state index is 0.0278. The molecule has 0 bridgehead atoms. The number of hydrogen-bond acceptors (Lipinski definition) is 5. The summed E-state index contributed by atoms with van der Waals surface area (Å²) in [6.45, 7) is 1.04. The number of amides is 1. The lowest BCUT2D eigenvalue weighted by Gasteiger charge is -2.36. The van der Waals surface area contributed by atoms with Crippen LogP contribution in [0.2, 0.25) is 5.02 Å². The Bertz CT molecular complexity index is 759. The third kappa shape index (κ3) is 2.94. The van der Waals surface area contributed by atoms with Crippen molar-refractivity contribution < 1.29 is 22.7 Å². The second-order valence-corrected chi connectivity index (χ2v) is 8.42. The van der Waals surface area contributed by atoms with E-state index < -0.39 is 15.6 Å². The van der Waals surface area contributed by atoms with E-state index in [1.807, 2.05) is 0 Å². The maximum absolute atomic E-state index is 12.9. The molecule has 2 heterocycles. The Morgan fingerprint density at radius 1 is 1.29 bits per heavy atom. The number of benzene rings is 1. The molecule has 0 N–H and O–H groups in total. The highest BCUT2D eigenvalue weighted by molar-refractivity contribution is 7.89. The molecule has 1 amide bonds. The molecule has 0 unspecified atom stereocenters. The van der Waals surface area contributed by atoms with E-state index >= 15 is 0 Å². The Morgan fingerprint density at radius 3 is 2.50 bits per heavy atom. The smallest absolute Gasteiger partial charge is 0.410 e. The highest BCUT2D eigenvalue weighted by atomic mass is 35.5. The standard InChI is InChI=1S/C15H19ClN2O5S/c1-17-10-15(23-14(17)19)5-7-18(8-6-15)24(20,21)13-9-11(22-2)3-4-12(13)16/h3-4,9H,5-8,10H2,1-2H3. The Balaban J connectivity index is 1.80. The van der Waals surface area contributed by atoms with E-state index in [1.165, 1.54) is 28.4 Å². The van der Waals surface area contributed by atoms with Crippen LogP contribution in [0.5, 0.6) is 5.75 Å². The third-order valence-corrected chi connectivity index (χ3v) is 6.91. The number of rotatable bonds is 3. The highest BCUT2D eigenvalue weighted by Gasteiger charge is 2.47. The van der Waals surface area contributed by atoms with Crippen LogP contribution in [0.25, 0.3) is 0 Å². The van der Waals surface area contributed by atoms with Crippen LogP contribution in [0, 0.1) is 0 Å². The van der Waals surface area contributed by atoms with Gasteiger partial charge in [0.25, 0.3) is 0 Å². The molecule has 7 nitrogen and oxygen atoms in total. The number of carbonyl (C=O) groups excluding carboxylic acids is 1. The lowest BCUT2D eigenvalue weighted by molar-refractivity contribution is 0.0172. The summed E-state index contributed by atoms with van der Waals surface area (Å²) in [5.74, 6) is 0.429. The van der Waals surface area contributed by atoms with Gasteiger partial charge in [0.15, 0.2) is 0 Å². The summed E-state index contributed by atoms with van der Waals surface area (Å²) in [6.07, 6.45) is 0.565. The molecule has 2 aliphatic rings. The van der Waals surface area contributed by atoms with Crippen molar-refractivity contribution in [2.75, 3.05) is 33.8 Å². The number of halogens is 1. The van der Waals surface area contributed by atoms with Gasteiger partial charge in [-0.2, -0.15) is 4.31 Å². The van der Waals surface area contributed by atoms with E-state index in [-0.39, 0.29) is 29.1 Å². The first-order valence-electron chi connectivity index (χ1n) is 7.55. The van der Waals surface area contributed by atoms with Crippen molar-refractivity contribution in [3.8, 4) is 5.75 Å². The molecule has 2 fully saturated rings. The van der Waals surface area contributed by atoms with Gasteiger partial charge in [-0.05, 0) is 12.1 Å². The van der Waals surface area contributed by atoms with E-state index in [1.54, 1.807) is 13.1 Å². The summed E-state index contributed by atoms with van der Waals surface area (Å²) in [6, 6.07) is 4.54. The lowest BCUT2D eigenvalue weighted by atomic mass is 9.92. The first-order chi connectivity index (χ1) is 11.3. The second kappa shape index (κ2) is 6.09. The number of hydrogen-bond donors (Lipinski definition) is 0. The van der Waals surface area contributed by atoms with Crippen LogP contribution in [-0.2, 0) is 14.8 Å². The van der Waals surface area contributed by atoms with Crippen LogP contribution >= 0.6 is 11.6 Å². The van der Waals surface area contributed by atoms with Crippen molar-refractivity contribution in [3.63, 3.8) is 0 Å². The fourth-order valence-electron chi connectivity index (χ4n) is 3.13. The fraction of sp³-hybridized carbons (Fsp3) is 0.533. The average Bonchev–Trinajstić information content (AvgIpc) is 2.82. The van der Waals surface area contributed by atoms with Gasteiger partial charge in [-0.15, -0.1) is 0 Å². The molecule has 0 aliphatic carbocycles. The van der Waals surface area contributed by atoms with Crippen LogP contribution < -0.4 is 4.74 Å². The summed E-state index contributed by atoms with van der Waals surface area (Å²) in [5.41, 5.74) is -0.587. The molecule has 1 aromatic carbocycles. The van der Waals surface area contributed by atoms with Crippen molar-refractivity contribution in [1.82, 2.24) is 9.21 Å². The summed E-state index contributed by atoms with van der Waals surface area (Å²) in [7, 11) is -0.587. The zero-order valence-electron chi connectivity index (χ0n) is 13.5. The van der Waals surface area contributed by atoms with Crippen molar-refractivity contribution in [2.24, 2.45) is 0 Å². The molecule has 0 saturated carbocycles. The van der Waals surface area contributed by atoms with Crippen LogP contribution in [0.1, 0.15) is 12.8 Å². The molecule has 9 heteroatoms. The van der Waals surface area contributed by atoms with Gasteiger partial charge < -0.3 is 14.4 Å². The van der Waals surface area contributed by atoms with Crippen molar-refractivity contribution in [2.45, 2.75) is 23.3 Å². The van der Waals surface area contributed by atoms with Crippen LogP contribution in [0.4, 0.5) is 4.79 Å². The molecule has 1 aromatic rings. The number of nitrogens with zero attached hydrogens (tertiary/aromatic N) is 2. The number of ether oxygens (including phenoxy) is 2.